The topological polar surface area (TPSA) is 258 Å². The van der Waals surface area contributed by atoms with Crippen molar-refractivity contribution in [2.75, 3.05) is 28.4 Å². The first-order chi connectivity index (χ1) is 50.9. The van der Waals surface area contributed by atoms with Crippen LogP contribution in [-0.4, -0.2) is 89.6 Å². The molecule has 0 saturated heterocycles. The molecule has 566 valence electrons. The van der Waals surface area contributed by atoms with Crippen molar-refractivity contribution < 1.29 is 71.5 Å². The van der Waals surface area contributed by atoms with Crippen LogP contribution in [0, 0.1) is 31.6 Å². The smallest absolute Gasteiger partial charge is 0.305 e. The standard InChI is InChI=1S/C33H41NO5.C32H39NO5.C23H29NO5/c1-21(2)18-23-7-10-26(11-8-23)33-31(25-12-13-25)32(34-39-33)27(15-17-30(36)38-5)20-28(35)16-14-24-9-6-22(3)19-29(24)37-4;1-20(2)17-22-6-9-25(10-7-22)32-30(24-11-12-24)31(33-38-32)26(14-16-29(35)36)19-27(34)15-13-23-8-5-21(3)18-28(23)37-4;1-14(2)12-15-4-6-17(7-5-15)23-21(16-8-9-16)22(24-29-23)18(13-19(25)26)10-11-20(27)28-3/h6-11,19,21,25,27H,12-18,20H2,1-5H3;5-10,18,20,24,26H,11-17,19H2,1-4H3,(H,35,36);4-7,14,16,18H,8-13H2,1-3H3,(H,25,26). The molecule has 3 saturated carbocycles. The molecular weight excluding hydrogens is 1340 g/mol. The zero-order valence-corrected chi connectivity index (χ0v) is 64.2. The van der Waals surface area contributed by atoms with Gasteiger partial charge in [0.25, 0.3) is 0 Å². The van der Waals surface area contributed by atoms with Gasteiger partial charge >= 0.3 is 23.9 Å². The third-order valence-corrected chi connectivity index (χ3v) is 20.1. The summed E-state index contributed by atoms with van der Waals surface area (Å²) in [6.07, 6.45) is 13.4. The van der Waals surface area contributed by atoms with Crippen molar-refractivity contribution in [2.45, 2.75) is 232 Å². The van der Waals surface area contributed by atoms with Gasteiger partial charge in [0, 0.05) is 96.1 Å². The molecule has 0 spiro atoms. The lowest BCUT2D eigenvalue weighted by Crippen LogP contribution is -2.13. The molecule has 0 radical (unpaired) electrons. The number of carboxylic acids is 2. The first-order valence-corrected chi connectivity index (χ1v) is 38.1. The first kappa shape index (κ1) is 80.6. The van der Waals surface area contributed by atoms with Crippen LogP contribution < -0.4 is 9.47 Å². The third-order valence-electron chi connectivity index (χ3n) is 20.1. The highest BCUT2D eigenvalue weighted by Crippen LogP contribution is 2.52. The molecule has 5 aromatic carbocycles. The highest BCUT2D eigenvalue weighted by Gasteiger charge is 2.39. The Morgan fingerprint density at radius 2 is 0.726 bits per heavy atom. The fourth-order valence-electron chi connectivity index (χ4n) is 14.2. The molecular formula is C88H109N3O15. The molecule has 3 fully saturated rings. The summed E-state index contributed by atoms with van der Waals surface area (Å²) in [5.41, 5.74) is 16.5. The molecule has 11 rings (SSSR count). The van der Waals surface area contributed by atoms with Gasteiger partial charge in [0.2, 0.25) is 0 Å². The number of carboxylic acid groups (broad SMARTS) is 2. The quantitative estimate of drug-likeness (QED) is 0.0341. The van der Waals surface area contributed by atoms with E-state index in [-0.39, 0.29) is 73.4 Å². The zero-order valence-electron chi connectivity index (χ0n) is 64.2. The maximum atomic E-state index is 13.3. The predicted octanol–water partition coefficient (Wildman–Crippen LogP) is 19.6. The summed E-state index contributed by atoms with van der Waals surface area (Å²) in [4.78, 5) is 72.9. The molecule has 0 bridgehead atoms. The zero-order chi connectivity index (χ0) is 76.1. The maximum absolute atomic E-state index is 13.3. The Bertz CT molecular complexity index is 4220. The molecule has 18 heteroatoms. The molecule has 0 amide bonds. The van der Waals surface area contributed by atoms with Gasteiger partial charge in [0.15, 0.2) is 17.3 Å². The molecule has 0 aliphatic heterocycles. The van der Waals surface area contributed by atoms with Crippen LogP contribution in [0.3, 0.4) is 0 Å². The van der Waals surface area contributed by atoms with E-state index in [2.05, 4.69) is 130 Å². The van der Waals surface area contributed by atoms with Crippen LogP contribution in [0.4, 0.5) is 0 Å². The number of aromatic nitrogens is 3. The van der Waals surface area contributed by atoms with Gasteiger partial charge in [-0.15, -0.1) is 0 Å². The van der Waals surface area contributed by atoms with Crippen molar-refractivity contribution in [3.05, 3.63) is 182 Å². The highest BCUT2D eigenvalue weighted by atomic mass is 16.5. The fraction of sp³-hybridized carbons (Fsp3) is 0.489. The van der Waals surface area contributed by atoms with Gasteiger partial charge < -0.3 is 42.7 Å². The minimum absolute atomic E-state index is 0.0140. The molecule has 3 aromatic heterocycles. The van der Waals surface area contributed by atoms with E-state index in [0.717, 1.165) is 154 Å². The van der Waals surface area contributed by atoms with E-state index in [1.54, 1.807) is 14.2 Å². The van der Waals surface area contributed by atoms with E-state index in [0.29, 0.717) is 92.6 Å². The second kappa shape index (κ2) is 38.7. The van der Waals surface area contributed by atoms with Gasteiger partial charge in [-0.1, -0.05) is 154 Å². The van der Waals surface area contributed by atoms with E-state index >= 15 is 0 Å². The van der Waals surface area contributed by atoms with Crippen LogP contribution in [-0.2, 0) is 70.3 Å². The van der Waals surface area contributed by atoms with E-state index in [9.17, 15) is 39.0 Å². The summed E-state index contributed by atoms with van der Waals surface area (Å²) in [7, 11) is 6.02. The number of carbonyl (C=O) groups excluding carboxylic acids is 4. The SMILES string of the molecule is COC(=O)CCC(CC(=O)CCc1ccc(C)cc1OC)c1noc(-c2ccc(CC(C)C)cc2)c1C1CC1.COC(=O)CCC(CC(=O)O)c1noc(-c2ccc(CC(C)C)cc2)c1C1CC1.COc1cc(C)ccc1CCC(=O)CC(CCC(=O)O)c1noc(-c2ccc(CC(C)C)cc2)c1C1CC1. The number of ether oxygens (including phenoxy) is 4. The van der Waals surface area contributed by atoms with Gasteiger partial charge in [-0.25, -0.2) is 0 Å². The number of Topliss-reactive ketones (excluding diaryl/α,β-unsaturated/α-hetero) is 2. The number of aliphatic carboxylic acids is 2. The Kier molecular flexibility index (Phi) is 29.4. The Morgan fingerprint density at radius 1 is 0.415 bits per heavy atom. The Labute approximate surface area is 625 Å². The molecule has 106 heavy (non-hydrogen) atoms. The van der Waals surface area contributed by atoms with E-state index in [1.807, 2.05) is 50.2 Å². The second-order valence-electron chi connectivity index (χ2n) is 30.6. The van der Waals surface area contributed by atoms with Crippen LogP contribution in [0.2, 0.25) is 0 Å². The summed E-state index contributed by atoms with van der Waals surface area (Å²) >= 11 is 0. The number of nitrogens with zero attached hydrogens (tertiary/aromatic N) is 3. The molecule has 2 N–H and O–H groups in total. The van der Waals surface area contributed by atoms with E-state index < -0.39 is 11.9 Å². The molecule has 3 atom stereocenters. The molecule has 3 unspecified atom stereocenters. The third kappa shape index (κ3) is 23.5. The summed E-state index contributed by atoms with van der Waals surface area (Å²) in [5.74, 6) is 3.66. The lowest BCUT2D eigenvalue weighted by atomic mass is 9.87. The lowest BCUT2D eigenvalue weighted by molar-refractivity contribution is -0.142. The van der Waals surface area contributed by atoms with Crippen molar-refractivity contribution in [1.29, 1.82) is 0 Å². The monoisotopic (exact) mass is 1450 g/mol. The lowest BCUT2D eigenvalue weighted by Gasteiger charge is -2.16. The molecule has 3 heterocycles. The van der Waals surface area contributed by atoms with Crippen molar-refractivity contribution >= 4 is 35.4 Å². The number of benzene rings is 5. The van der Waals surface area contributed by atoms with Crippen molar-refractivity contribution in [3.63, 3.8) is 0 Å². The van der Waals surface area contributed by atoms with Gasteiger partial charge in [-0.3, -0.25) is 28.8 Å². The first-order valence-electron chi connectivity index (χ1n) is 38.1. The molecule has 3 aliphatic rings. The number of methoxy groups -OCH3 is 4. The number of carbonyl (C=O) groups is 6. The second-order valence-corrected chi connectivity index (χ2v) is 30.6. The Morgan fingerprint density at radius 3 is 1.00 bits per heavy atom. The number of ketones is 2. The fourth-order valence-corrected chi connectivity index (χ4v) is 14.2. The van der Waals surface area contributed by atoms with Gasteiger partial charge in [-0.2, -0.15) is 0 Å². The average Bonchev–Trinajstić information content (AvgIpc) is 1.63. The normalized spacial score (nSPS) is 14.2. The summed E-state index contributed by atoms with van der Waals surface area (Å²) < 4.78 is 38.3. The number of hydrogen-bond donors (Lipinski definition) is 2. The van der Waals surface area contributed by atoms with Gasteiger partial charge in [-0.05, 0) is 190 Å². The Hall–Kier alpha value is -9.45. The minimum atomic E-state index is -0.913. The van der Waals surface area contributed by atoms with Gasteiger partial charge in [0.1, 0.15) is 23.1 Å². The number of aryl methyl sites for hydroxylation is 4. The summed E-state index contributed by atoms with van der Waals surface area (Å²) in [5, 5.41) is 32.1. The average molecular weight is 1450 g/mol. The molecule has 8 aromatic rings. The van der Waals surface area contributed by atoms with Crippen LogP contribution in [0.15, 0.2) is 123 Å². The van der Waals surface area contributed by atoms with E-state index in [1.165, 1.54) is 30.9 Å². The number of hydrogen-bond acceptors (Lipinski definition) is 16. The van der Waals surface area contributed by atoms with Crippen LogP contribution in [0.25, 0.3) is 34.0 Å². The predicted molar refractivity (Wildman–Crippen MR) is 409 cm³/mol. The largest absolute Gasteiger partial charge is 0.496 e. The van der Waals surface area contributed by atoms with Crippen LogP contribution in [0.5, 0.6) is 11.5 Å². The highest BCUT2D eigenvalue weighted by molar-refractivity contribution is 5.81. The number of esters is 2. The van der Waals surface area contributed by atoms with Crippen LogP contribution in [0.1, 0.15) is 259 Å². The maximum Gasteiger partial charge on any atom is 0.305 e. The number of rotatable bonds is 38. The van der Waals surface area contributed by atoms with E-state index in [4.69, 9.17) is 32.5 Å². The van der Waals surface area contributed by atoms with Crippen LogP contribution >= 0.6 is 0 Å². The minimum Gasteiger partial charge on any atom is -0.496 e. The summed E-state index contributed by atoms with van der Waals surface area (Å²) in [6.45, 7) is 17.3. The van der Waals surface area contributed by atoms with Crippen molar-refractivity contribution in [1.82, 2.24) is 15.5 Å². The molecule has 3 aliphatic carbocycles. The van der Waals surface area contributed by atoms with Crippen molar-refractivity contribution in [3.8, 4) is 45.5 Å². The molecule has 18 nitrogen and oxygen atoms in total. The van der Waals surface area contributed by atoms with Crippen molar-refractivity contribution in [2.24, 2.45) is 17.8 Å². The summed E-state index contributed by atoms with van der Waals surface area (Å²) in [6, 6.07) is 37.4. The Balaban J connectivity index is 0.000000186. The van der Waals surface area contributed by atoms with Gasteiger partial charge in [0.05, 0.1) is 51.9 Å².